The van der Waals surface area contributed by atoms with E-state index in [0.717, 1.165) is 0 Å². The summed E-state index contributed by atoms with van der Waals surface area (Å²) in [6.07, 6.45) is 0. The summed E-state index contributed by atoms with van der Waals surface area (Å²) >= 11 is 0. The van der Waals surface area contributed by atoms with Crippen LogP contribution in [0.3, 0.4) is 0 Å². The maximum absolute atomic E-state index is 9.75. The second-order valence-corrected chi connectivity index (χ2v) is 4.45. The van der Waals surface area contributed by atoms with E-state index in [2.05, 4.69) is 0 Å². The van der Waals surface area contributed by atoms with Crippen molar-refractivity contribution in [3.63, 3.8) is 0 Å². The lowest BCUT2D eigenvalue weighted by Gasteiger charge is -2.15. The van der Waals surface area contributed by atoms with Crippen LogP contribution in [0.5, 0.6) is 23.0 Å². The molecule has 100 valence electrons. The number of ether oxygens (including phenoxy) is 1. The van der Waals surface area contributed by atoms with E-state index in [0.29, 0.717) is 17.9 Å². The van der Waals surface area contributed by atoms with Gasteiger partial charge in [0.25, 0.3) is 0 Å². The van der Waals surface area contributed by atoms with E-state index in [1.165, 1.54) is 18.2 Å². The molecule has 1 unspecified atom stereocenters. The molecular weight excluding hydrogens is 244 g/mol. The molecule has 3 N–H and O–H groups in total. The van der Waals surface area contributed by atoms with Crippen LogP contribution in [-0.4, -0.2) is 21.9 Å². The molecule has 0 saturated heterocycles. The van der Waals surface area contributed by atoms with E-state index in [4.69, 9.17) is 4.74 Å². The van der Waals surface area contributed by atoms with Crippen LogP contribution in [0.25, 0.3) is 0 Å². The zero-order chi connectivity index (χ0) is 13.8. The summed E-state index contributed by atoms with van der Waals surface area (Å²) in [7, 11) is 0. The van der Waals surface area contributed by atoms with Crippen molar-refractivity contribution in [2.24, 2.45) is 0 Å². The summed E-state index contributed by atoms with van der Waals surface area (Å²) in [6, 6.07) is 11.1. The van der Waals surface area contributed by atoms with E-state index in [-0.39, 0.29) is 23.2 Å². The van der Waals surface area contributed by atoms with E-state index >= 15 is 0 Å². The number of hydrogen-bond acceptors (Lipinski definition) is 4. The molecule has 0 amide bonds. The Kier molecular flexibility index (Phi) is 3.80. The normalized spacial score (nSPS) is 12.1. The highest BCUT2D eigenvalue weighted by Gasteiger charge is 2.12. The zero-order valence-corrected chi connectivity index (χ0v) is 10.6. The molecule has 0 aliphatic rings. The average Bonchev–Trinajstić information content (AvgIpc) is 2.36. The lowest BCUT2D eigenvalue weighted by Crippen LogP contribution is -2.07. The molecule has 0 fully saturated rings. The Bertz CT molecular complexity index is 566. The largest absolute Gasteiger partial charge is 0.508 e. The smallest absolute Gasteiger partial charge is 0.123 e. The van der Waals surface area contributed by atoms with Crippen molar-refractivity contribution in [2.45, 2.75) is 12.8 Å². The van der Waals surface area contributed by atoms with Gasteiger partial charge in [-0.3, -0.25) is 0 Å². The summed E-state index contributed by atoms with van der Waals surface area (Å²) in [6.45, 7) is 2.27. The van der Waals surface area contributed by atoms with Gasteiger partial charge in [-0.05, 0) is 18.2 Å². The highest BCUT2D eigenvalue weighted by Crippen LogP contribution is 2.29. The van der Waals surface area contributed by atoms with Gasteiger partial charge < -0.3 is 20.1 Å². The fourth-order valence-electron chi connectivity index (χ4n) is 1.83. The minimum atomic E-state index is -0.0389. The quantitative estimate of drug-likeness (QED) is 0.790. The van der Waals surface area contributed by atoms with Crippen molar-refractivity contribution in [1.82, 2.24) is 0 Å². The van der Waals surface area contributed by atoms with E-state index in [1.807, 2.05) is 6.92 Å². The van der Waals surface area contributed by atoms with Gasteiger partial charge in [0.2, 0.25) is 0 Å². The predicted molar refractivity (Wildman–Crippen MR) is 71.8 cm³/mol. The van der Waals surface area contributed by atoms with Crippen LogP contribution in [0.15, 0.2) is 42.5 Å². The second-order valence-electron chi connectivity index (χ2n) is 4.45. The number of benzene rings is 2. The van der Waals surface area contributed by atoms with Gasteiger partial charge in [-0.15, -0.1) is 0 Å². The van der Waals surface area contributed by atoms with Crippen LogP contribution in [0.1, 0.15) is 18.4 Å². The third-order valence-corrected chi connectivity index (χ3v) is 2.86. The molecule has 2 rings (SSSR count). The third kappa shape index (κ3) is 3.31. The molecular formula is C15H16O4. The molecule has 0 aliphatic heterocycles. The number of rotatable bonds is 4. The molecule has 1 atom stereocenters. The van der Waals surface area contributed by atoms with Crippen LogP contribution in [0, 0.1) is 0 Å². The molecule has 0 aromatic heterocycles. The molecule has 0 spiro atoms. The summed E-state index contributed by atoms with van der Waals surface area (Å²) in [4.78, 5) is 0. The van der Waals surface area contributed by atoms with Gasteiger partial charge in [0.05, 0.1) is 6.61 Å². The first kappa shape index (κ1) is 13.1. The minimum absolute atomic E-state index is 0.0300. The van der Waals surface area contributed by atoms with Crippen LogP contribution in [0.2, 0.25) is 0 Å². The van der Waals surface area contributed by atoms with Gasteiger partial charge in [-0.2, -0.15) is 0 Å². The SMILES string of the molecule is CC(COc1cccc(O)c1)c1ccc(O)cc1O. The molecule has 4 heteroatoms. The van der Waals surface area contributed by atoms with Gasteiger partial charge in [-0.1, -0.05) is 19.1 Å². The Hall–Kier alpha value is -2.36. The lowest BCUT2D eigenvalue weighted by atomic mass is 10.0. The standard InChI is InChI=1S/C15H16O4/c1-10(14-6-5-12(17)8-15(14)18)9-19-13-4-2-3-11(16)7-13/h2-8,10,16-18H,9H2,1H3. The molecule has 0 radical (unpaired) electrons. The van der Waals surface area contributed by atoms with Crippen molar-refractivity contribution >= 4 is 0 Å². The Morgan fingerprint density at radius 2 is 1.74 bits per heavy atom. The monoisotopic (exact) mass is 260 g/mol. The minimum Gasteiger partial charge on any atom is -0.508 e. The van der Waals surface area contributed by atoms with E-state index < -0.39 is 0 Å². The van der Waals surface area contributed by atoms with Gasteiger partial charge in [0.1, 0.15) is 23.0 Å². The summed E-state index contributed by atoms with van der Waals surface area (Å²) in [5, 5.41) is 28.3. The Morgan fingerprint density at radius 1 is 1.00 bits per heavy atom. The molecule has 0 bridgehead atoms. The molecule has 0 aliphatic carbocycles. The van der Waals surface area contributed by atoms with Crippen molar-refractivity contribution in [2.75, 3.05) is 6.61 Å². The van der Waals surface area contributed by atoms with Gasteiger partial charge in [0, 0.05) is 23.6 Å². The Labute approximate surface area is 111 Å². The predicted octanol–water partition coefficient (Wildman–Crippen LogP) is 2.99. The third-order valence-electron chi connectivity index (χ3n) is 2.86. The van der Waals surface area contributed by atoms with Gasteiger partial charge in [-0.25, -0.2) is 0 Å². The number of phenolic OH excluding ortho intramolecular Hbond substituents is 3. The molecule has 0 heterocycles. The maximum Gasteiger partial charge on any atom is 0.123 e. The van der Waals surface area contributed by atoms with Crippen molar-refractivity contribution < 1.29 is 20.1 Å². The molecule has 4 nitrogen and oxygen atoms in total. The molecule has 2 aromatic rings. The number of phenols is 3. The summed E-state index contributed by atoms with van der Waals surface area (Å²) in [5.74, 6) is 0.764. The second kappa shape index (κ2) is 5.52. The molecule has 0 saturated carbocycles. The first-order chi connectivity index (χ1) is 9.06. The first-order valence-electron chi connectivity index (χ1n) is 6.00. The highest BCUT2D eigenvalue weighted by atomic mass is 16.5. The van der Waals surface area contributed by atoms with Crippen LogP contribution < -0.4 is 4.74 Å². The fraction of sp³-hybridized carbons (Fsp3) is 0.200. The average molecular weight is 260 g/mol. The van der Waals surface area contributed by atoms with E-state index in [9.17, 15) is 15.3 Å². The fourth-order valence-corrected chi connectivity index (χ4v) is 1.83. The highest BCUT2D eigenvalue weighted by molar-refractivity contribution is 5.41. The van der Waals surface area contributed by atoms with Gasteiger partial charge in [0.15, 0.2) is 0 Å². The molecule has 19 heavy (non-hydrogen) atoms. The Morgan fingerprint density at radius 3 is 2.42 bits per heavy atom. The Balaban J connectivity index is 2.03. The lowest BCUT2D eigenvalue weighted by molar-refractivity contribution is 0.291. The van der Waals surface area contributed by atoms with E-state index in [1.54, 1.807) is 24.3 Å². The number of hydrogen-bond donors (Lipinski definition) is 3. The van der Waals surface area contributed by atoms with Gasteiger partial charge >= 0.3 is 0 Å². The van der Waals surface area contributed by atoms with Crippen molar-refractivity contribution in [3.05, 3.63) is 48.0 Å². The van der Waals surface area contributed by atoms with Crippen LogP contribution >= 0.6 is 0 Å². The molecule has 2 aromatic carbocycles. The summed E-state index contributed by atoms with van der Waals surface area (Å²) < 4.78 is 5.55. The van der Waals surface area contributed by atoms with Crippen LogP contribution in [-0.2, 0) is 0 Å². The maximum atomic E-state index is 9.75. The summed E-state index contributed by atoms with van der Waals surface area (Å²) in [5.41, 5.74) is 0.706. The van der Waals surface area contributed by atoms with Crippen LogP contribution in [0.4, 0.5) is 0 Å². The van der Waals surface area contributed by atoms with Crippen molar-refractivity contribution in [1.29, 1.82) is 0 Å². The topological polar surface area (TPSA) is 69.9 Å². The van der Waals surface area contributed by atoms with Crippen molar-refractivity contribution in [3.8, 4) is 23.0 Å². The first-order valence-corrected chi connectivity index (χ1v) is 6.00. The number of aromatic hydroxyl groups is 3. The zero-order valence-electron chi connectivity index (χ0n) is 10.6.